The number of fused-ring (bicyclic) bond motifs is 1. The summed E-state index contributed by atoms with van der Waals surface area (Å²) in [6.07, 6.45) is -4.53. The average Bonchev–Trinajstić information content (AvgIpc) is 3.23. The first-order valence-corrected chi connectivity index (χ1v) is 9.87. The SMILES string of the molecule is O=C(Oc1ccc2c(=O)c(-c3ccc(Cl)cc3Cl)c(C(F)(F)F)oc2c1)C1CCCO1. The molecule has 162 valence electrons. The van der Waals surface area contributed by atoms with E-state index >= 15 is 0 Å². The minimum atomic E-state index is -4.99. The number of carbonyl (C=O) groups excluding carboxylic acids is 1. The Hall–Kier alpha value is -2.55. The molecular weight excluding hydrogens is 460 g/mol. The summed E-state index contributed by atoms with van der Waals surface area (Å²) in [7, 11) is 0. The Kier molecular flexibility index (Phi) is 5.72. The van der Waals surface area contributed by atoms with Gasteiger partial charge in [0.05, 0.1) is 16.0 Å². The van der Waals surface area contributed by atoms with E-state index in [4.69, 9.17) is 37.1 Å². The second kappa shape index (κ2) is 8.18. The summed E-state index contributed by atoms with van der Waals surface area (Å²) in [6.45, 7) is 0.428. The number of esters is 1. The molecule has 5 nitrogen and oxygen atoms in total. The molecule has 4 rings (SSSR count). The zero-order chi connectivity index (χ0) is 22.3. The molecule has 3 aromatic rings. The van der Waals surface area contributed by atoms with Crippen LogP contribution in [0.3, 0.4) is 0 Å². The normalized spacial score (nSPS) is 16.6. The Bertz CT molecular complexity index is 1230. The molecule has 1 atom stereocenters. The molecule has 1 saturated heterocycles. The molecule has 1 aromatic heterocycles. The number of hydrogen-bond donors (Lipinski definition) is 0. The van der Waals surface area contributed by atoms with Crippen LogP contribution < -0.4 is 10.2 Å². The van der Waals surface area contributed by atoms with E-state index in [9.17, 15) is 22.8 Å². The van der Waals surface area contributed by atoms with Gasteiger partial charge in [0.1, 0.15) is 11.3 Å². The second-order valence-electron chi connectivity index (χ2n) is 6.84. The van der Waals surface area contributed by atoms with Crippen LogP contribution in [0.25, 0.3) is 22.1 Å². The zero-order valence-corrected chi connectivity index (χ0v) is 17.1. The maximum absolute atomic E-state index is 13.8. The molecule has 31 heavy (non-hydrogen) atoms. The highest BCUT2D eigenvalue weighted by Gasteiger charge is 2.40. The van der Waals surface area contributed by atoms with Crippen LogP contribution in [0.4, 0.5) is 13.2 Å². The van der Waals surface area contributed by atoms with Crippen molar-refractivity contribution in [2.45, 2.75) is 25.1 Å². The molecule has 2 heterocycles. The Morgan fingerprint density at radius 1 is 1.13 bits per heavy atom. The van der Waals surface area contributed by atoms with Gasteiger partial charge in [-0.15, -0.1) is 0 Å². The topological polar surface area (TPSA) is 65.7 Å². The summed E-state index contributed by atoms with van der Waals surface area (Å²) in [5.41, 5.74) is -2.22. The molecule has 1 unspecified atom stereocenters. The molecule has 10 heteroatoms. The molecule has 0 aliphatic carbocycles. The molecule has 2 aromatic carbocycles. The maximum atomic E-state index is 13.8. The van der Waals surface area contributed by atoms with Gasteiger partial charge < -0.3 is 13.9 Å². The van der Waals surface area contributed by atoms with Crippen molar-refractivity contribution in [1.82, 2.24) is 0 Å². The van der Waals surface area contributed by atoms with Gasteiger partial charge in [-0.3, -0.25) is 4.79 Å². The van der Waals surface area contributed by atoms with Gasteiger partial charge in [0.25, 0.3) is 0 Å². The number of hydrogen-bond acceptors (Lipinski definition) is 5. The van der Waals surface area contributed by atoms with Crippen molar-refractivity contribution in [2.24, 2.45) is 0 Å². The maximum Gasteiger partial charge on any atom is 0.450 e. The van der Waals surface area contributed by atoms with E-state index in [2.05, 4.69) is 0 Å². The first-order chi connectivity index (χ1) is 14.6. The van der Waals surface area contributed by atoms with Gasteiger partial charge in [-0.1, -0.05) is 29.3 Å². The fourth-order valence-electron chi connectivity index (χ4n) is 3.32. The Morgan fingerprint density at radius 3 is 2.55 bits per heavy atom. The minimum absolute atomic E-state index is 0.0680. The van der Waals surface area contributed by atoms with Crippen LogP contribution in [-0.4, -0.2) is 18.7 Å². The van der Waals surface area contributed by atoms with Crippen molar-refractivity contribution in [3.63, 3.8) is 0 Å². The predicted molar refractivity (Wildman–Crippen MR) is 108 cm³/mol. The lowest BCUT2D eigenvalue weighted by Gasteiger charge is -2.14. The first-order valence-electron chi connectivity index (χ1n) is 9.12. The van der Waals surface area contributed by atoms with E-state index in [-0.39, 0.29) is 32.3 Å². The van der Waals surface area contributed by atoms with Gasteiger partial charge in [0.15, 0.2) is 6.10 Å². The van der Waals surface area contributed by atoms with Crippen LogP contribution in [0, 0.1) is 0 Å². The standard InChI is InChI=1S/C21H13Cl2F3O5/c22-10-3-5-12(14(23)8-10)17-18(27)13-6-4-11(30-20(28)15-2-1-7-29-15)9-16(13)31-19(17)21(24,25)26/h3-6,8-9,15H,1-2,7H2. The van der Waals surface area contributed by atoms with Gasteiger partial charge >= 0.3 is 12.1 Å². The highest BCUT2D eigenvalue weighted by molar-refractivity contribution is 6.36. The Balaban J connectivity index is 1.85. The minimum Gasteiger partial charge on any atom is -0.450 e. The molecule has 0 saturated carbocycles. The summed E-state index contributed by atoms with van der Waals surface area (Å²) in [4.78, 5) is 25.1. The van der Waals surface area contributed by atoms with Gasteiger partial charge in [-0.25, -0.2) is 4.79 Å². The zero-order valence-electron chi connectivity index (χ0n) is 15.6. The summed E-state index contributed by atoms with van der Waals surface area (Å²) in [6, 6.07) is 7.36. The summed E-state index contributed by atoms with van der Waals surface area (Å²) in [5, 5.41) is -0.0668. The molecule has 1 fully saturated rings. The monoisotopic (exact) mass is 472 g/mol. The molecule has 0 radical (unpaired) electrons. The lowest BCUT2D eigenvalue weighted by atomic mass is 10.0. The van der Waals surface area contributed by atoms with Gasteiger partial charge in [-0.2, -0.15) is 13.2 Å². The third kappa shape index (κ3) is 4.28. The van der Waals surface area contributed by atoms with Crippen molar-refractivity contribution in [3.8, 4) is 16.9 Å². The highest BCUT2D eigenvalue weighted by Crippen LogP contribution is 2.40. The van der Waals surface area contributed by atoms with E-state index < -0.39 is 35.0 Å². The molecular formula is C21H13Cl2F3O5. The van der Waals surface area contributed by atoms with Crippen LogP contribution in [0.2, 0.25) is 10.0 Å². The van der Waals surface area contributed by atoms with E-state index in [0.717, 1.165) is 6.07 Å². The lowest BCUT2D eigenvalue weighted by molar-refractivity contribution is -0.152. The van der Waals surface area contributed by atoms with Gasteiger partial charge in [0.2, 0.25) is 11.2 Å². The van der Waals surface area contributed by atoms with E-state index in [1.807, 2.05) is 0 Å². The Morgan fingerprint density at radius 2 is 1.90 bits per heavy atom. The molecule has 0 spiro atoms. The van der Waals surface area contributed by atoms with Crippen molar-refractivity contribution in [3.05, 3.63) is 62.4 Å². The molecule has 1 aliphatic heterocycles. The number of carbonyl (C=O) groups is 1. The summed E-state index contributed by atoms with van der Waals surface area (Å²) in [5.74, 6) is -2.25. The number of halogens is 5. The quantitative estimate of drug-likeness (QED) is 0.352. The van der Waals surface area contributed by atoms with Crippen molar-refractivity contribution < 1.29 is 31.9 Å². The molecule has 0 amide bonds. The first kappa shape index (κ1) is 21.7. The average molecular weight is 473 g/mol. The van der Waals surface area contributed by atoms with Crippen molar-refractivity contribution >= 4 is 40.1 Å². The number of alkyl halides is 3. The van der Waals surface area contributed by atoms with Gasteiger partial charge in [0, 0.05) is 23.3 Å². The van der Waals surface area contributed by atoms with Crippen LogP contribution in [0.5, 0.6) is 5.75 Å². The number of benzene rings is 2. The van der Waals surface area contributed by atoms with Gasteiger partial charge in [-0.05, 0) is 37.1 Å². The predicted octanol–water partition coefficient (Wildman–Crippen LogP) is 5.87. The number of rotatable bonds is 3. The van der Waals surface area contributed by atoms with Crippen LogP contribution in [-0.2, 0) is 15.7 Å². The van der Waals surface area contributed by atoms with E-state index in [1.54, 1.807) is 0 Å². The second-order valence-corrected chi connectivity index (χ2v) is 7.68. The molecule has 0 N–H and O–H groups in total. The summed E-state index contributed by atoms with van der Waals surface area (Å²) >= 11 is 11.9. The smallest absolute Gasteiger partial charge is 0.450 e. The third-order valence-corrected chi connectivity index (χ3v) is 5.28. The molecule has 1 aliphatic rings. The lowest BCUT2D eigenvalue weighted by Crippen LogP contribution is -2.24. The molecule has 0 bridgehead atoms. The van der Waals surface area contributed by atoms with Crippen LogP contribution in [0.1, 0.15) is 18.6 Å². The fraction of sp³-hybridized carbons (Fsp3) is 0.238. The number of ether oxygens (including phenoxy) is 2. The van der Waals surface area contributed by atoms with Crippen LogP contribution >= 0.6 is 23.2 Å². The Labute approximate surface area is 183 Å². The van der Waals surface area contributed by atoms with Crippen LogP contribution in [0.15, 0.2) is 45.6 Å². The van der Waals surface area contributed by atoms with E-state index in [0.29, 0.717) is 19.4 Å². The van der Waals surface area contributed by atoms with Crippen molar-refractivity contribution in [1.29, 1.82) is 0 Å². The highest BCUT2D eigenvalue weighted by atomic mass is 35.5. The third-order valence-electron chi connectivity index (χ3n) is 4.73. The largest absolute Gasteiger partial charge is 0.450 e. The van der Waals surface area contributed by atoms with Crippen molar-refractivity contribution in [2.75, 3.05) is 6.61 Å². The summed E-state index contributed by atoms with van der Waals surface area (Å²) < 4.78 is 56.8. The van der Waals surface area contributed by atoms with E-state index in [1.165, 1.54) is 30.3 Å². The fourth-order valence-corrected chi connectivity index (χ4v) is 3.82.